The molecule has 3 heterocycles. The lowest BCUT2D eigenvalue weighted by Crippen LogP contribution is -2.39. The van der Waals surface area contributed by atoms with Gasteiger partial charge in [0.25, 0.3) is 0 Å². The van der Waals surface area contributed by atoms with E-state index < -0.39 is 0 Å². The molecule has 134 valence electrons. The van der Waals surface area contributed by atoms with Gasteiger partial charge in [-0.25, -0.2) is 0 Å². The smallest absolute Gasteiger partial charge is 0.220 e. The molecule has 3 rings (SSSR count). The van der Waals surface area contributed by atoms with Crippen molar-refractivity contribution in [3.8, 4) is 0 Å². The number of aryl methyl sites for hydroxylation is 1. The van der Waals surface area contributed by atoms with Crippen LogP contribution in [0.5, 0.6) is 0 Å². The van der Waals surface area contributed by atoms with Gasteiger partial charge in [-0.15, -0.1) is 0 Å². The first-order valence-corrected chi connectivity index (χ1v) is 8.79. The van der Waals surface area contributed by atoms with Crippen molar-refractivity contribution in [1.82, 2.24) is 15.1 Å². The van der Waals surface area contributed by atoms with E-state index >= 15 is 0 Å². The maximum atomic E-state index is 12.2. The molecular weight excluding hydrogens is 310 g/mol. The number of nitrogens with zero attached hydrogens (tertiary/aromatic N) is 2. The Morgan fingerprint density at radius 2 is 2.17 bits per heavy atom. The number of rotatable bonds is 7. The Morgan fingerprint density at radius 1 is 1.33 bits per heavy atom. The number of carbonyl (C=O) groups is 1. The summed E-state index contributed by atoms with van der Waals surface area (Å²) in [5, 5.41) is 7.81. The van der Waals surface area contributed by atoms with Crippen LogP contribution >= 0.6 is 0 Å². The van der Waals surface area contributed by atoms with Crippen molar-refractivity contribution in [2.24, 2.45) is 0 Å². The van der Waals surface area contributed by atoms with E-state index in [1.54, 1.807) is 7.11 Å². The Bertz CT molecular complexity index is 552. The predicted molar refractivity (Wildman–Crippen MR) is 87.8 cm³/mol. The van der Waals surface area contributed by atoms with Crippen molar-refractivity contribution in [3.63, 3.8) is 0 Å². The molecule has 2 aliphatic rings. The molecule has 1 aromatic heterocycles. The Labute approximate surface area is 142 Å². The fourth-order valence-electron chi connectivity index (χ4n) is 3.32. The Morgan fingerprint density at radius 3 is 2.96 bits per heavy atom. The molecule has 7 heteroatoms. The molecule has 1 N–H and O–H groups in total. The molecule has 0 aliphatic carbocycles. The minimum absolute atomic E-state index is 0.0961. The summed E-state index contributed by atoms with van der Waals surface area (Å²) >= 11 is 0. The average Bonchev–Trinajstić information content (AvgIpc) is 2.97. The van der Waals surface area contributed by atoms with Gasteiger partial charge < -0.3 is 19.5 Å². The number of fused-ring (bicyclic) bond motifs is 1. The third-order valence-electron chi connectivity index (χ3n) is 4.66. The SMILES string of the molecule is COCCn1nc(CCC(=O)NC2CCOCC2)c2c1CCOC2. The second kappa shape index (κ2) is 8.60. The highest BCUT2D eigenvalue weighted by Gasteiger charge is 2.22. The van der Waals surface area contributed by atoms with Crippen LogP contribution in [0.3, 0.4) is 0 Å². The zero-order valence-electron chi connectivity index (χ0n) is 14.4. The molecule has 1 amide bonds. The van der Waals surface area contributed by atoms with Gasteiger partial charge in [-0.05, 0) is 12.8 Å². The first-order valence-electron chi connectivity index (χ1n) is 8.79. The number of hydrogen-bond donors (Lipinski definition) is 1. The Kier molecular flexibility index (Phi) is 6.23. The van der Waals surface area contributed by atoms with E-state index in [2.05, 4.69) is 5.32 Å². The van der Waals surface area contributed by atoms with Crippen LogP contribution in [-0.4, -0.2) is 55.3 Å². The summed E-state index contributed by atoms with van der Waals surface area (Å²) in [6.07, 6.45) is 3.80. The van der Waals surface area contributed by atoms with Gasteiger partial charge in [-0.3, -0.25) is 9.48 Å². The summed E-state index contributed by atoms with van der Waals surface area (Å²) in [5.41, 5.74) is 3.39. The van der Waals surface area contributed by atoms with Gasteiger partial charge in [-0.1, -0.05) is 0 Å². The van der Waals surface area contributed by atoms with Crippen molar-refractivity contribution < 1.29 is 19.0 Å². The number of amides is 1. The fraction of sp³-hybridized carbons (Fsp3) is 0.765. The van der Waals surface area contributed by atoms with Crippen LogP contribution in [0.25, 0.3) is 0 Å². The lowest BCUT2D eigenvalue weighted by molar-refractivity contribution is -0.122. The standard InChI is InChI=1S/C17H27N3O4/c1-22-11-7-20-16-6-10-24-12-14(16)15(19-20)2-3-17(21)18-13-4-8-23-9-5-13/h13H,2-12H2,1H3,(H,18,21). The van der Waals surface area contributed by atoms with Crippen molar-refractivity contribution in [1.29, 1.82) is 0 Å². The van der Waals surface area contributed by atoms with E-state index in [0.717, 1.165) is 56.9 Å². The molecule has 0 radical (unpaired) electrons. The molecule has 1 fully saturated rings. The summed E-state index contributed by atoms with van der Waals surface area (Å²) in [7, 11) is 1.70. The van der Waals surface area contributed by atoms with Crippen molar-refractivity contribution in [2.75, 3.05) is 33.5 Å². The summed E-state index contributed by atoms with van der Waals surface area (Å²) in [6, 6.07) is 0.253. The van der Waals surface area contributed by atoms with Crippen molar-refractivity contribution >= 4 is 5.91 Å². The van der Waals surface area contributed by atoms with Gasteiger partial charge >= 0.3 is 0 Å². The predicted octanol–water partition coefficient (Wildman–Crippen LogP) is 0.830. The molecule has 0 bridgehead atoms. The number of carbonyl (C=O) groups excluding carboxylic acids is 1. The normalized spacial score (nSPS) is 18.4. The molecule has 0 unspecified atom stereocenters. The zero-order chi connectivity index (χ0) is 16.8. The number of ether oxygens (including phenoxy) is 3. The monoisotopic (exact) mass is 337 g/mol. The molecule has 1 aromatic rings. The number of methoxy groups -OCH3 is 1. The molecule has 24 heavy (non-hydrogen) atoms. The number of hydrogen-bond acceptors (Lipinski definition) is 5. The van der Waals surface area contributed by atoms with Crippen LogP contribution in [0.1, 0.15) is 36.2 Å². The minimum Gasteiger partial charge on any atom is -0.383 e. The van der Waals surface area contributed by atoms with Crippen LogP contribution in [-0.2, 0) is 45.0 Å². The molecule has 0 aromatic carbocycles. The van der Waals surface area contributed by atoms with Gasteiger partial charge in [0.1, 0.15) is 0 Å². The summed E-state index contributed by atoms with van der Waals surface area (Å²) in [5.74, 6) is 0.0961. The van der Waals surface area contributed by atoms with Crippen LogP contribution in [0.15, 0.2) is 0 Å². The second-order valence-electron chi connectivity index (χ2n) is 6.34. The van der Waals surface area contributed by atoms with E-state index in [1.807, 2.05) is 4.68 Å². The van der Waals surface area contributed by atoms with Gasteiger partial charge in [0.05, 0.1) is 32.1 Å². The largest absolute Gasteiger partial charge is 0.383 e. The molecule has 1 saturated heterocycles. The topological polar surface area (TPSA) is 74.6 Å². The summed E-state index contributed by atoms with van der Waals surface area (Å²) in [4.78, 5) is 12.2. The van der Waals surface area contributed by atoms with E-state index in [0.29, 0.717) is 26.1 Å². The average molecular weight is 337 g/mol. The lowest BCUT2D eigenvalue weighted by Gasteiger charge is -2.23. The van der Waals surface area contributed by atoms with Gasteiger partial charge in [-0.2, -0.15) is 5.10 Å². The van der Waals surface area contributed by atoms with E-state index in [4.69, 9.17) is 19.3 Å². The molecular formula is C17H27N3O4. The maximum absolute atomic E-state index is 12.2. The first-order chi connectivity index (χ1) is 11.8. The summed E-state index contributed by atoms with van der Waals surface area (Å²) < 4.78 is 18.1. The third kappa shape index (κ3) is 4.34. The van der Waals surface area contributed by atoms with Crippen LogP contribution in [0, 0.1) is 0 Å². The van der Waals surface area contributed by atoms with E-state index in [-0.39, 0.29) is 11.9 Å². The minimum atomic E-state index is 0.0961. The lowest BCUT2D eigenvalue weighted by atomic mass is 10.1. The second-order valence-corrected chi connectivity index (χ2v) is 6.34. The zero-order valence-corrected chi connectivity index (χ0v) is 14.4. The van der Waals surface area contributed by atoms with Gasteiger partial charge in [0.2, 0.25) is 5.91 Å². The highest BCUT2D eigenvalue weighted by atomic mass is 16.5. The van der Waals surface area contributed by atoms with E-state index in [9.17, 15) is 4.79 Å². The van der Waals surface area contributed by atoms with Crippen LogP contribution in [0.2, 0.25) is 0 Å². The molecule has 2 aliphatic heterocycles. The van der Waals surface area contributed by atoms with E-state index in [1.165, 1.54) is 5.69 Å². The molecule has 7 nitrogen and oxygen atoms in total. The highest BCUT2D eigenvalue weighted by Crippen LogP contribution is 2.22. The fourth-order valence-corrected chi connectivity index (χ4v) is 3.32. The third-order valence-corrected chi connectivity index (χ3v) is 4.66. The van der Waals surface area contributed by atoms with Gasteiger partial charge in [0.15, 0.2) is 0 Å². The molecule has 0 saturated carbocycles. The highest BCUT2D eigenvalue weighted by molar-refractivity contribution is 5.76. The quantitative estimate of drug-likeness (QED) is 0.798. The molecule has 0 spiro atoms. The van der Waals surface area contributed by atoms with Crippen molar-refractivity contribution in [2.45, 2.75) is 51.3 Å². The van der Waals surface area contributed by atoms with Crippen molar-refractivity contribution in [3.05, 3.63) is 17.0 Å². The molecule has 0 atom stereocenters. The first kappa shape index (κ1) is 17.4. The van der Waals surface area contributed by atoms with Gasteiger partial charge in [0, 0.05) is 56.9 Å². The Hall–Kier alpha value is -1.44. The summed E-state index contributed by atoms with van der Waals surface area (Å²) in [6.45, 7) is 4.18. The Balaban J connectivity index is 1.57. The number of nitrogens with one attached hydrogen (secondary N) is 1. The van der Waals surface area contributed by atoms with Crippen LogP contribution in [0.4, 0.5) is 0 Å². The van der Waals surface area contributed by atoms with Crippen LogP contribution < -0.4 is 5.32 Å². The maximum Gasteiger partial charge on any atom is 0.220 e. The number of aromatic nitrogens is 2.